The smallest absolute Gasteiger partial charge is 0.191 e. The molecular weight excluding hydrogens is 335 g/mol. The van der Waals surface area contributed by atoms with Gasteiger partial charge in [-0.25, -0.2) is 9.37 Å². The molecule has 0 radical (unpaired) electrons. The van der Waals surface area contributed by atoms with E-state index in [1.165, 1.54) is 12.1 Å². The van der Waals surface area contributed by atoms with Crippen LogP contribution in [0.5, 0.6) is 0 Å². The van der Waals surface area contributed by atoms with Crippen molar-refractivity contribution in [2.24, 2.45) is 0 Å². The highest BCUT2D eigenvalue weighted by atomic mass is 32.2. The van der Waals surface area contributed by atoms with Crippen LogP contribution in [0, 0.1) is 5.82 Å². The highest BCUT2D eigenvalue weighted by molar-refractivity contribution is 7.98. The zero-order valence-corrected chi connectivity index (χ0v) is 14.1. The summed E-state index contributed by atoms with van der Waals surface area (Å²) in [5, 5.41) is 11.8. The van der Waals surface area contributed by atoms with Crippen molar-refractivity contribution in [1.29, 1.82) is 0 Å². The van der Waals surface area contributed by atoms with Crippen LogP contribution in [0.25, 0.3) is 10.6 Å². The fourth-order valence-corrected chi connectivity index (χ4v) is 3.70. The number of benzene rings is 1. The van der Waals surface area contributed by atoms with E-state index in [-0.39, 0.29) is 5.82 Å². The third-order valence-corrected chi connectivity index (χ3v) is 5.06. The third kappa shape index (κ3) is 4.15. The molecule has 23 heavy (non-hydrogen) atoms. The van der Waals surface area contributed by atoms with E-state index < -0.39 is 0 Å². The van der Waals surface area contributed by atoms with E-state index in [1.807, 2.05) is 9.95 Å². The van der Waals surface area contributed by atoms with E-state index in [9.17, 15) is 4.39 Å². The lowest BCUT2D eigenvalue weighted by molar-refractivity contribution is 0.184. The number of ether oxygens (including phenoxy) is 1. The largest absolute Gasteiger partial charge is 0.383 e. The average molecular weight is 350 g/mol. The van der Waals surface area contributed by atoms with Crippen molar-refractivity contribution in [3.05, 3.63) is 47.5 Å². The molecule has 2 heterocycles. The summed E-state index contributed by atoms with van der Waals surface area (Å²) in [6.45, 7) is 1.35. The summed E-state index contributed by atoms with van der Waals surface area (Å²) in [5.74, 6) is 0.472. The maximum absolute atomic E-state index is 13.0. The summed E-state index contributed by atoms with van der Waals surface area (Å²) in [6, 6.07) is 6.38. The summed E-state index contributed by atoms with van der Waals surface area (Å²) in [5.41, 5.74) is 1.90. The molecule has 0 saturated heterocycles. The van der Waals surface area contributed by atoms with Crippen molar-refractivity contribution in [2.45, 2.75) is 17.5 Å². The second-order valence-corrected chi connectivity index (χ2v) is 6.54. The molecule has 5 nitrogen and oxygen atoms in total. The molecule has 0 aliphatic rings. The number of aromatic nitrogens is 4. The van der Waals surface area contributed by atoms with E-state index in [4.69, 9.17) is 4.74 Å². The first kappa shape index (κ1) is 16.1. The van der Waals surface area contributed by atoms with E-state index in [0.29, 0.717) is 12.4 Å². The number of methoxy groups -OCH3 is 1. The molecule has 2 aromatic heterocycles. The molecule has 0 aliphatic carbocycles. The second-order valence-electron chi connectivity index (χ2n) is 4.74. The van der Waals surface area contributed by atoms with Gasteiger partial charge < -0.3 is 9.30 Å². The summed E-state index contributed by atoms with van der Waals surface area (Å²) in [4.78, 5) is 4.59. The van der Waals surface area contributed by atoms with E-state index in [2.05, 4.69) is 15.2 Å². The van der Waals surface area contributed by atoms with Crippen LogP contribution in [0.1, 0.15) is 5.69 Å². The van der Waals surface area contributed by atoms with Crippen molar-refractivity contribution < 1.29 is 9.13 Å². The minimum absolute atomic E-state index is 0.239. The van der Waals surface area contributed by atoms with Gasteiger partial charge in [-0.05, 0) is 24.3 Å². The molecule has 0 bridgehead atoms. The van der Waals surface area contributed by atoms with Gasteiger partial charge in [-0.15, -0.1) is 21.5 Å². The number of thioether (sulfide) groups is 1. The standard InChI is InChI=1S/C15H15FN4OS2/c1-21-7-6-20-10-17-19-15(20)23-9-13-8-22-14(18-13)11-2-4-12(16)5-3-11/h2-5,8,10H,6-7,9H2,1H3. The van der Waals surface area contributed by atoms with Gasteiger partial charge >= 0.3 is 0 Å². The van der Waals surface area contributed by atoms with E-state index in [0.717, 1.165) is 28.0 Å². The Morgan fingerprint density at radius 2 is 2.13 bits per heavy atom. The fraction of sp³-hybridized carbons (Fsp3) is 0.267. The molecule has 0 saturated carbocycles. The molecule has 0 amide bonds. The maximum atomic E-state index is 13.0. The van der Waals surface area contributed by atoms with Gasteiger partial charge in [0.1, 0.15) is 17.2 Å². The third-order valence-electron chi connectivity index (χ3n) is 3.11. The predicted molar refractivity (Wildman–Crippen MR) is 89.0 cm³/mol. The minimum Gasteiger partial charge on any atom is -0.383 e. The highest BCUT2D eigenvalue weighted by Gasteiger charge is 2.09. The fourth-order valence-electron chi connectivity index (χ4n) is 1.94. The van der Waals surface area contributed by atoms with Gasteiger partial charge in [0, 0.05) is 30.4 Å². The number of nitrogens with zero attached hydrogens (tertiary/aromatic N) is 4. The van der Waals surface area contributed by atoms with Crippen molar-refractivity contribution >= 4 is 23.1 Å². The molecular formula is C15H15FN4OS2. The molecule has 0 aliphatic heterocycles. The first-order valence-corrected chi connectivity index (χ1v) is 8.82. The summed E-state index contributed by atoms with van der Waals surface area (Å²) in [6.07, 6.45) is 1.70. The quantitative estimate of drug-likeness (QED) is 0.611. The van der Waals surface area contributed by atoms with Gasteiger partial charge in [-0.1, -0.05) is 11.8 Å². The zero-order valence-electron chi connectivity index (χ0n) is 12.5. The summed E-state index contributed by atoms with van der Waals surface area (Å²) < 4.78 is 20.0. The molecule has 0 atom stereocenters. The monoisotopic (exact) mass is 350 g/mol. The first-order valence-electron chi connectivity index (χ1n) is 6.96. The Morgan fingerprint density at radius 1 is 1.30 bits per heavy atom. The van der Waals surface area contributed by atoms with Gasteiger partial charge in [-0.3, -0.25) is 0 Å². The van der Waals surface area contributed by atoms with Gasteiger partial charge in [0.05, 0.1) is 12.3 Å². The van der Waals surface area contributed by atoms with Gasteiger partial charge in [0.15, 0.2) is 5.16 Å². The highest BCUT2D eigenvalue weighted by Crippen LogP contribution is 2.27. The lowest BCUT2D eigenvalue weighted by Crippen LogP contribution is -2.04. The second kappa shape index (κ2) is 7.67. The molecule has 3 rings (SSSR count). The number of rotatable bonds is 7. The lowest BCUT2D eigenvalue weighted by atomic mass is 10.2. The molecule has 0 spiro atoms. The zero-order chi connectivity index (χ0) is 16.1. The van der Waals surface area contributed by atoms with Crippen LogP contribution in [-0.2, 0) is 17.0 Å². The molecule has 0 fully saturated rings. The summed E-state index contributed by atoms with van der Waals surface area (Å²) >= 11 is 3.14. The Kier molecular flexibility index (Phi) is 5.37. The molecule has 0 unspecified atom stereocenters. The van der Waals surface area contributed by atoms with Gasteiger partial charge in [0.2, 0.25) is 0 Å². The number of hydrogen-bond acceptors (Lipinski definition) is 6. The van der Waals surface area contributed by atoms with Crippen LogP contribution in [0.2, 0.25) is 0 Å². The molecule has 1 aromatic carbocycles. The Labute approximate surface area is 141 Å². The van der Waals surface area contributed by atoms with Crippen LogP contribution in [0.3, 0.4) is 0 Å². The van der Waals surface area contributed by atoms with Crippen molar-refractivity contribution in [3.8, 4) is 10.6 Å². The predicted octanol–water partition coefficient (Wildman–Crippen LogP) is 3.48. The Balaban J connectivity index is 1.63. The van der Waals surface area contributed by atoms with Crippen LogP contribution in [0.4, 0.5) is 4.39 Å². The van der Waals surface area contributed by atoms with Crippen LogP contribution < -0.4 is 0 Å². The normalized spacial score (nSPS) is 11.0. The molecule has 120 valence electrons. The number of halogens is 1. The summed E-state index contributed by atoms with van der Waals surface area (Å²) in [7, 11) is 1.67. The van der Waals surface area contributed by atoms with Crippen molar-refractivity contribution in [2.75, 3.05) is 13.7 Å². The topological polar surface area (TPSA) is 52.8 Å². The van der Waals surface area contributed by atoms with Crippen LogP contribution in [0.15, 0.2) is 41.1 Å². The average Bonchev–Trinajstić information content (AvgIpc) is 3.21. The Morgan fingerprint density at radius 3 is 2.91 bits per heavy atom. The van der Waals surface area contributed by atoms with Crippen molar-refractivity contribution in [3.63, 3.8) is 0 Å². The van der Waals surface area contributed by atoms with Crippen LogP contribution in [-0.4, -0.2) is 33.5 Å². The lowest BCUT2D eigenvalue weighted by Gasteiger charge is -2.04. The van der Waals surface area contributed by atoms with Crippen LogP contribution >= 0.6 is 23.1 Å². The SMILES string of the molecule is COCCn1cnnc1SCc1csc(-c2ccc(F)cc2)n1. The van der Waals surface area contributed by atoms with Crippen molar-refractivity contribution in [1.82, 2.24) is 19.7 Å². The Bertz CT molecular complexity index is 757. The number of thiazole rings is 1. The molecule has 0 N–H and O–H groups in total. The maximum Gasteiger partial charge on any atom is 0.191 e. The molecule has 8 heteroatoms. The van der Waals surface area contributed by atoms with E-state index in [1.54, 1.807) is 48.7 Å². The number of hydrogen-bond donors (Lipinski definition) is 0. The minimum atomic E-state index is -0.239. The molecule has 3 aromatic rings. The Hall–Kier alpha value is -1.77. The van der Waals surface area contributed by atoms with E-state index >= 15 is 0 Å². The van der Waals surface area contributed by atoms with Gasteiger partial charge in [-0.2, -0.15) is 0 Å². The van der Waals surface area contributed by atoms with Gasteiger partial charge in [0.25, 0.3) is 0 Å². The first-order chi connectivity index (χ1) is 11.3.